The molecule has 1 aromatic carbocycles. The van der Waals surface area contributed by atoms with Gasteiger partial charge in [0.1, 0.15) is 0 Å². The van der Waals surface area contributed by atoms with Crippen LogP contribution in [0.15, 0.2) is 16.6 Å². The van der Waals surface area contributed by atoms with Crippen LogP contribution < -0.4 is 0 Å². The van der Waals surface area contributed by atoms with Gasteiger partial charge in [-0.1, -0.05) is 73.5 Å². The maximum atomic E-state index is 10.2. The normalized spacial score (nSPS) is 12.7. The van der Waals surface area contributed by atoms with Crippen molar-refractivity contribution in [2.45, 2.75) is 71.8 Å². The molecule has 0 radical (unpaired) electrons. The summed E-state index contributed by atoms with van der Waals surface area (Å²) in [6.07, 6.45) is 8.21. The predicted molar refractivity (Wildman–Crippen MR) is 86.6 cm³/mol. The third-order valence-corrected chi connectivity index (χ3v) is 4.93. The van der Waals surface area contributed by atoms with Crippen LogP contribution in [-0.4, -0.2) is 5.11 Å². The smallest absolute Gasteiger partial charge is 0.0790 e. The van der Waals surface area contributed by atoms with Crippen LogP contribution in [0.25, 0.3) is 0 Å². The molecule has 108 valence electrons. The molecule has 0 fully saturated rings. The minimum Gasteiger partial charge on any atom is -0.388 e. The van der Waals surface area contributed by atoms with Crippen molar-refractivity contribution in [1.29, 1.82) is 0 Å². The highest BCUT2D eigenvalue weighted by atomic mass is 79.9. The van der Waals surface area contributed by atoms with Crippen LogP contribution in [0, 0.1) is 13.8 Å². The van der Waals surface area contributed by atoms with Crippen LogP contribution in [0.1, 0.15) is 74.7 Å². The molecule has 0 aliphatic heterocycles. The summed E-state index contributed by atoms with van der Waals surface area (Å²) in [5.41, 5.74) is 3.47. The molecule has 1 N–H and O–H groups in total. The lowest BCUT2D eigenvalue weighted by Crippen LogP contribution is -1.99. The van der Waals surface area contributed by atoms with Crippen molar-refractivity contribution in [3.63, 3.8) is 0 Å². The Morgan fingerprint density at radius 1 is 1.00 bits per heavy atom. The molecule has 1 unspecified atom stereocenters. The van der Waals surface area contributed by atoms with Crippen LogP contribution >= 0.6 is 15.9 Å². The van der Waals surface area contributed by atoms with E-state index in [4.69, 9.17) is 0 Å². The summed E-state index contributed by atoms with van der Waals surface area (Å²) in [4.78, 5) is 0. The highest BCUT2D eigenvalue weighted by Crippen LogP contribution is 2.27. The summed E-state index contributed by atoms with van der Waals surface area (Å²) in [5, 5.41) is 10.2. The van der Waals surface area contributed by atoms with Gasteiger partial charge in [-0.3, -0.25) is 0 Å². The zero-order valence-electron chi connectivity index (χ0n) is 12.5. The van der Waals surface area contributed by atoms with Gasteiger partial charge in [-0.25, -0.2) is 0 Å². The van der Waals surface area contributed by atoms with Crippen molar-refractivity contribution in [3.8, 4) is 0 Å². The number of aliphatic hydroxyl groups is 1. The number of aliphatic hydroxyl groups excluding tert-OH is 1. The van der Waals surface area contributed by atoms with E-state index in [2.05, 4.69) is 48.8 Å². The maximum absolute atomic E-state index is 10.2. The van der Waals surface area contributed by atoms with Crippen LogP contribution in [0.3, 0.4) is 0 Å². The number of hydrogen-bond acceptors (Lipinski definition) is 1. The quantitative estimate of drug-likeness (QED) is 0.594. The maximum Gasteiger partial charge on any atom is 0.0790 e. The molecule has 19 heavy (non-hydrogen) atoms. The number of hydrogen-bond donors (Lipinski definition) is 1. The van der Waals surface area contributed by atoms with Gasteiger partial charge in [0.2, 0.25) is 0 Å². The third kappa shape index (κ3) is 5.66. The Hall–Kier alpha value is -0.340. The molecule has 0 saturated heterocycles. The lowest BCUT2D eigenvalue weighted by atomic mass is 9.99. The number of rotatable bonds is 8. The first-order valence-corrected chi connectivity index (χ1v) is 8.30. The van der Waals surface area contributed by atoms with Gasteiger partial charge in [0.15, 0.2) is 0 Å². The molecule has 1 aromatic rings. The molecule has 0 amide bonds. The van der Waals surface area contributed by atoms with Gasteiger partial charge >= 0.3 is 0 Å². The molecule has 0 aliphatic carbocycles. The molecule has 1 rings (SSSR count). The van der Waals surface area contributed by atoms with E-state index in [9.17, 15) is 5.11 Å². The standard InChI is InChI=1S/C17H27BrO/c1-4-5-6-7-8-9-10-16(19)15-11-13(2)17(18)14(3)12-15/h11-12,16,19H,4-10H2,1-3H3. The Bertz CT molecular complexity index is 364. The van der Waals surface area contributed by atoms with E-state index in [0.717, 1.165) is 22.9 Å². The minimum absolute atomic E-state index is 0.309. The Kier molecular flexibility index (Phi) is 7.70. The Morgan fingerprint density at radius 3 is 2.11 bits per heavy atom. The van der Waals surface area contributed by atoms with Crippen LogP contribution in [0.5, 0.6) is 0 Å². The summed E-state index contributed by atoms with van der Waals surface area (Å²) >= 11 is 3.57. The van der Waals surface area contributed by atoms with Crippen LogP contribution in [0.4, 0.5) is 0 Å². The average Bonchev–Trinajstić information content (AvgIpc) is 2.39. The van der Waals surface area contributed by atoms with Crippen LogP contribution in [-0.2, 0) is 0 Å². The van der Waals surface area contributed by atoms with E-state index in [1.807, 2.05) is 0 Å². The van der Waals surface area contributed by atoms with Crippen molar-refractivity contribution < 1.29 is 5.11 Å². The van der Waals surface area contributed by atoms with Gasteiger partial charge in [-0.15, -0.1) is 0 Å². The van der Waals surface area contributed by atoms with E-state index in [-0.39, 0.29) is 6.10 Å². The van der Waals surface area contributed by atoms with Gasteiger partial charge in [0.05, 0.1) is 6.10 Å². The number of benzene rings is 1. The summed E-state index contributed by atoms with van der Waals surface area (Å²) in [6, 6.07) is 4.19. The largest absolute Gasteiger partial charge is 0.388 e. The van der Waals surface area contributed by atoms with Crippen molar-refractivity contribution in [3.05, 3.63) is 33.3 Å². The SMILES string of the molecule is CCCCCCCCC(O)c1cc(C)c(Br)c(C)c1. The zero-order chi connectivity index (χ0) is 14.3. The van der Waals surface area contributed by atoms with Crippen LogP contribution in [0.2, 0.25) is 0 Å². The average molecular weight is 327 g/mol. The zero-order valence-corrected chi connectivity index (χ0v) is 14.1. The number of halogens is 1. The molecule has 1 atom stereocenters. The van der Waals surface area contributed by atoms with Gasteiger partial charge in [0.25, 0.3) is 0 Å². The first-order chi connectivity index (χ1) is 9.06. The number of aryl methyl sites for hydroxylation is 2. The van der Waals surface area contributed by atoms with Crippen molar-refractivity contribution in [2.75, 3.05) is 0 Å². The Labute approximate surface area is 126 Å². The Balaban J connectivity index is 2.39. The molecule has 0 aliphatic rings. The van der Waals surface area contributed by atoms with E-state index in [1.165, 1.54) is 43.2 Å². The van der Waals surface area contributed by atoms with Gasteiger partial charge in [-0.05, 0) is 37.0 Å². The summed E-state index contributed by atoms with van der Waals surface area (Å²) in [5.74, 6) is 0. The molecule has 2 heteroatoms. The Morgan fingerprint density at radius 2 is 1.53 bits per heavy atom. The summed E-state index contributed by atoms with van der Waals surface area (Å²) < 4.78 is 1.16. The highest BCUT2D eigenvalue weighted by Gasteiger charge is 2.10. The fraction of sp³-hybridized carbons (Fsp3) is 0.647. The monoisotopic (exact) mass is 326 g/mol. The molecule has 0 bridgehead atoms. The van der Waals surface area contributed by atoms with Crippen molar-refractivity contribution in [1.82, 2.24) is 0 Å². The lowest BCUT2D eigenvalue weighted by Gasteiger charge is -2.14. The van der Waals surface area contributed by atoms with E-state index in [1.54, 1.807) is 0 Å². The first-order valence-electron chi connectivity index (χ1n) is 7.51. The third-order valence-electron chi connectivity index (χ3n) is 3.67. The predicted octanol–water partition coefficient (Wildman–Crippen LogP) is 5.85. The second kappa shape index (κ2) is 8.76. The summed E-state index contributed by atoms with van der Waals surface area (Å²) in [7, 11) is 0. The molecule has 0 heterocycles. The minimum atomic E-state index is -0.309. The summed E-state index contributed by atoms with van der Waals surface area (Å²) in [6.45, 7) is 6.40. The fourth-order valence-corrected chi connectivity index (χ4v) is 2.69. The van der Waals surface area contributed by atoms with Crippen molar-refractivity contribution in [2.24, 2.45) is 0 Å². The molecular weight excluding hydrogens is 300 g/mol. The highest BCUT2D eigenvalue weighted by molar-refractivity contribution is 9.10. The molecular formula is C17H27BrO. The van der Waals surface area contributed by atoms with E-state index < -0.39 is 0 Å². The first kappa shape index (κ1) is 16.7. The van der Waals surface area contributed by atoms with E-state index in [0.29, 0.717) is 0 Å². The van der Waals surface area contributed by atoms with E-state index >= 15 is 0 Å². The van der Waals surface area contributed by atoms with Gasteiger partial charge in [-0.2, -0.15) is 0 Å². The molecule has 1 nitrogen and oxygen atoms in total. The molecule has 0 aromatic heterocycles. The second-order valence-electron chi connectivity index (χ2n) is 5.54. The topological polar surface area (TPSA) is 20.2 Å². The lowest BCUT2D eigenvalue weighted by molar-refractivity contribution is 0.163. The van der Waals surface area contributed by atoms with Gasteiger partial charge < -0.3 is 5.11 Å². The number of unbranched alkanes of at least 4 members (excludes halogenated alkanes) is 5. The van der Waals surface area contributed by atoms with Crippen molar-refractivity contribution >= 4 is 15.9 Å². The second-order valence-corrected chi connectivity index (χ2v) is 6.33. The molecule has 0 spiro atoms. The fourth-order valence-electron chi connectivity index (χ4n) is 2.46. The molecule has 0 saturated carbocycles. The van der Waals surface area contributed by atoms with Gasteiger partial charge in [0, 0.05) is 4.47 Å².